The summed E-state index contributed by atoms with van der Waals surface area (Å²) < 4.78 is 39.0. The molecular formula is C41H48BF4N2P2Rh-. The fourth-order valence-electron chi connectivity index (χ4n) is 7.37. The summed E-state index contributed by atoms with van der Waals surface area (Å²) in [5.74, 6) is 0. The monoisotopic (exact) mass is 820 g/mol. The van der Waals surface area contributed by atoms with Crippen molar-refractivity contribution in [3.05, 3.63) is 147 Å². The molecule has 2 N–H and O–H groups in total. The van der Waals surface area contributed by atoms with Crippen LogP contribution in [-0.4, -0.2) is 19.3 Å². The van der Waals surface area contributed by atoms with Gasteiger partial charge in [0.1, 0.15) is 0 Å². The van der Waals surface area contributed by atoms with Crippen molar-refractivity contribution < 1.29 is 36.7 Å². The first-order valence-corrected chi connectivity index (χ1v) is 20.5. The molecule has 1 spiro atoms. The first-order valence-electron chi connectivity index (χ1n) is 17.8. The normalized spacial score (nSPS) is 20.0. The van der Waals surface area contributed by atoms with Crippen LogP contribution in [0.1, 0.15) is 64.2 Å². The summed E-state index contributed by atoms with van der Waals surface area (Å²) in [6, 6.07) is 45.5. The molecular weight excluding hydrogens is 772 g/mol. The molecule has 0 saturated heterocycles. The third-order valence-corrected chi connectivity index (χ3v) is 14.0. The molecule has 10 heteroatoms. The maximum atomic E-state index is 9.75. The molecule has 3 fully saturated rings. The zero-order valence-electron chi connectivity index (χ0n) is 28.9. The van der Waals surface area contributed by atoms with Gasteiger partial charge in [-0.3, -0.25) is 10.2 Å². The minimum Gasteiger partial charge on any atom is -0.418 e. The molecule has 0 unspecified atom stereocenters. The van der Waals surface area contributed by atoms with E-state index < -0.39 is 23.4 Å². The fraction of sp³-hybridized carbons (Fsp3) is 0.317. The minimum atomic E-state index is -6.00. The summed E-state index contributed by atoms with van der Waals surface area (Å²) in [5.41, 5.74) is 0.314. The van der Waals surface area contributed by atoms with Gasteiger partial charge in [0.25, 0.3) is 0 Å². The smallest absolute Gasteiger partial charge is 0.418 e. The van der Waals surface area contributed by atoms with E-state index in [2.05, 4.69) is 157 Å². The SMILES string of the molecule is F[B-](F)(F)F.[CH]1[CH]CC[CH][CH]CC1.[Rh].c1ccc(P(N[C@@H]2CCCC23CCC[C@H]3NP(c2ccccc2)c2ccccc2)c2ccccc2)cc1. The van der Waals surface area contributed by atoms with Crippen LogP contribution in [0.4, 0.5) is 17.3 Å². The topological polar surface area (TPSA) is 24.1 Å². The summed E-state index contributed by atoms with van der Waals surface area (Å²) in [5, 5.41) is 14.3. The van der Waals surface area contributed by atoms with Gasteiger partial charge in [0.2, 0.25) is 0 Å². The number of benzene rings is 4. The Bertz CT molecular complexity index is 1300. The Kier molecular flexibility index (Phi) is 17.8. The van der Waals surface area contributed by atoms with Gasteiger partial charge in [-0.2, -0.15) is 0 Å². The van der Waals surface area contributed by atoms with E-state index in [4.69, 9.17) is 0 Å². The molecule has 7 rings (SSSR count). The molecule has 4 aromatic rings. The van der Waals surface area contributed by atoms with Gasteiger partial charge in [0, 0.05) is 53.1 Å². The van der Waals surface area contributed by atoms with E-state index in [1.54, 1.807) is 0 Å². The molecule has 2 atom stereocenters. The average Bonchev–Trinajstić information content (AvgIpc) is 3.72. The van der Waals surface area contributed by atoms with E-state index in [1.165, 1.54) is 85.4 Å². The Balaban J connectivity index is 0.000000353. The number of halogens is 4. The summed E-state index contributed by atoms with van der Waals surface area (Å²) in [6.07, 6.45) is 21.8. The molecule has 2 nitrogen and oxygen atoms in total. The van der Waals surface area contributed by atoms with Crippen molar-refractivity contribution in [3.63, 3.8) is 0 Å². The van der Waals surface area contributed by atoms with Crippen molar-refractivity contribution >= 4 is 44.6 Å². The molecule has 273 valence electrons. The van der Waals surface area contributed by atoms with E-state index in [9.17, 15) is 17.3 Å². The van der Waals surface area contributed by atoms with Crippen molar-refractivity contribution in [3.8, 4) is 0 Å². The van der Waals surface area contributed by atoms with Crippen LogP contribution in [0.3, 0.4) is 0 Å². The largest absolute Gasteiger partial charge is 0.673 e. The number of rotatable bonds is 8. The molecule has 0 bridgehead atoms. The van der Waals surface area contributed by atoms with Crippen LogP contribution in [0.2, 0.25) is 0 Å². The predicted molar refractivity (Wildman–Crippen MR) is 208 cm³/mol. The first kappa shape index (κ1) is 41.8. The van der Waals surface area contributed by atoms with Crippen LogP contribution in [0, 0.1) is 31.1 Å². The molecule has 0 aliphatic heterocycles. The zero-order valence-corrected chi connectivity index (χ0v) is 32.3. The van der Waals surface area contributed by atoms with Gasteiger partial charge in [0.15, 0.2) is 0 Å². The van der Waals surface area contributed by atoms with E-state index in [-0.39, 0.29) is 19.5 Å². The molecule has 0 heterocycles. The third kappa shape index (κ3) is 13.2. The minimum absolute atomic E-state index is 0. The summed E-state index contributed by atoms with van der Waals surface area (Å²) >= 11 is 0. The summed E-state index contributed by atoms with van der Waals surface area (Å²) in [7, 11) is -7.21. The van der Waals surface area contributed by atoms with Gasteiger partial charge in [-0.1, -0.05) is 134 Å². The van der Waals surface area contributed by atoms with Gasteiger partial charge in [0.05, 0.1) is 0 Å². The summed E-state index contributed by atoms with van der Waals surface area (Å²) in [4.78, 5) is 0. The van der Waals surface area contributed by atoms with Crippen molar-refractivity contribution in [1.82, 2.24) is 10.2 Å². The van der Waals surface area contributed by atoms with Crippen LogP contribution in [0.25, 0.3) is 0 Å². The van der Waals surface area contributed by atoms with Crippen molar-refractivity contribution in [2.45, 2.75) is 76.3 Å². The van der Waals surface area contributed by atoms with Crippen LogP contribution >= 0.6 is 16.1 Å². The number of nitrogens with one attached hydrogen (secondary N) is 2. The third-order valence-electron chi connectivity index (χ3n) is 9.62. The van der Waals surface area contributed by atoms with Gasteiger partial charge in [-0.05, 0) is 98.3 Å². The quantitative estimate of drug-likeness (QED) is 0.105. The molecule has 5 radical (unpaired) electrons. The molecule has 4 aromatic carbocycles. The maximum Gasteiger partial charge on any atom is 0.673 e. The van der Waals surface area contributed by atoms with Gasteiger partial charge in [-0.25, -0.2) is 0 Å². The van der Waals surface area contributed by atoms with Crippen molar-refractivity contribution in [2.75, 3.05) is 0 Å². The van der Waals surface area contributed by atoms with Crippen LogP contribution < -0.4 is 31.4 Å². The van der Waals surface area contributed by atoms with Crippen molar-refractivity contribution in [1.29, 1.82) is 0 Å². The Morgan fingerprint density at radius 3 is 0.980 bits per heavy atom. The van der Waals surface area contributed by atoms with Crippen LogP contribution in [-0.2, 0) is 19.5 Å². The van der Waals surface area contributed by atoms with E-state index in [1.807, 2.05) is 0 Å². The molecule has 0 amide bonds. The number of hydrogen-bond acceptors (Lipinski definition) is 2. The average molecular weight is 821 g/mol. The van der Waals surface area contributed by atoms with Gasteiger partial charge in [-0.15, -0.1) is 0 Å². The Labute approximate surface area is 318 Å². The predicted octanol–water partition coefficient (Wildman–Crippen LogP) is 10.0. The number of hydrogen-bond donors (Lipinski definition) is 2. The first-order chi connectivity index (χ1) is 24.3. The fourth-order valence-corrected chi connectivity index (χ4v) is 11.8. The second-order valence-electron chi connectivity index (χ2n) is 13.0. The molecule has 3 aliphatic carbocycles. The van der Waals surface area contributed by atoms with E-state index >= 15 is 0 Å². The van der Waals surface area contributed by atoms with Crippen LogP contribution in [0.15, 0.2) is 121 Å². The second kappa shape index (κ2) is 21.7. The Hall–Kier alpha value is -1.93. The summed E-state index contributed by atoms with van der Waals surface area (Å²) in [6.45, 7) is 0. The van der Waals surface area contributed by atoms with Gasteiger partial charge >= 0.3 is 7.25 Å². The van der Waals surface area contributed by atoms with Crippen LogP contribution in [0.5, 0.6) is 0 Å². The molecule has 0 aromatic heterocycles. The molecule has 3 saturated carbocycles. The molecule has 51 heavy (non-hydrogen) atoms. The Morgan fingerprint density at radius 2 is 0.725 bits per heavy atom. The van der Waals surface area contributed by atoms with Gasteiger partial charge < -0.3 is 17.3 Å². The van der Waals surface area contributed by atoms with E-state index in [0.717, 1.165) is 0 Å². The van der Waals surface area contributed by atoms with E-state index in [0.29, 0.717) is 17.5 Å². The maximum absolute atomic E-state index is 9.75. The second-order valence-corrected chi connectivity index (χ2v) is 16.9. The molecule has 3 aliphatic rings. The Morgan fingerprint density at radius 1 is 0.471 bits per heavy atom. The van der Waals surface area contributed by atoms with Crippen molar-refractivity contribution in [2.24, 2.45) is 5.41 Å². The standard InChI is InChI=1S/C33H36N2P2.C8H12.BF4.Rh/c1-5-15-27(16-6-1)36(28-17-7-2-8-18-28)34-31-23-13-25-33(31)26-14-24-32(33)35-37(29-19-9-3-10-20-29)30-21-11-4-12-22-30;1-2-4-6-8-7-5-3-1;2-1(3,4)5;/h1-12,15-22,31-32,34-35H,13-14,23-26H2;1-2,7-8H,3-6H2;;/q;;-1;/t31-,32-,33?;;;/m1.../s1. The zero-order chi connectivity index (χ0) is 35.1.